The highest BCUT2D eigenvalue weighted by molar-refractivity contribution is 5.74. The van der Waals surface area contributed by atoms with Crippen LogP contribution in [0.5, 0.6) is 0 Å². The maximum absolute atomic E-state index is 9.31. The van der Waals surface area contributed by atoms with E-state index in [0.717, 1.165) is 36.8 Å². The first kappa shape index (κ1) is 12.6. The van der Waals surface area contributed by atoms with Crippen LogP contribution in [0.15, 0.2) is 18.6 Å². The number of aryl methyl sites for hydroxylation is 1. The Labute approximate surface area is 112 Å². The summed E-state index contributed by atoms with van der Waals surface area (Å²) in [7, 11) is 0. The molecule has 1 aliphatic rings. The molecule has 0 amide bonds. The van der Waals surface area contributed by atoms with Crippen molar-refractivity contribution in [1.29, 1.82) is 0 Å². The van der Waals surface area contributed by atoms with Crippen LogP contribution in [0.25, 0.3) is 11.2 Å². The van der Waals surface area contributed by atoms with Crippen molar-refractivity contribution in [3.05, 3.63) is 24.2 Å². The third-order valence-corrected chi connectivity index (χ3v) is 3.94. The van der Waals surface area contributed by atoms with E-state index < -0.39 is 0 Å². The van der Waals surface area contributed by atoms with Crippen molar-refractivity contribution >= 4 is 11.2 Å². The van der Waals surface area contributed by atoms with E-state index in [4.69, 9.17) is 4.74 Å². The number of aliphatic hydroxyl groups is 1. The van der Waals surface area contributed by atoms with E-state index in [1.165, 1.54) is 12.0 Å². The van der Waals surface area contributed by atoms with Gasteiger partial charge in [-0.15, -0.1) is 0 Å². The predicted octanol–water partition coefficient (Wildman–Crippen LogP) is 1.82. The highest BCUT2D eigenvalue weighted by Crippen LogP contribution is 2.35. The summed E-state index contributed by atoms with van der Waals surface area (Å²) in [6, 6.07) is 0. The van der Waals surface area contributed by atoms with E-state index in [9.17, 15) is 5.11 Å². The van der Waals surface area contributed by atoms with Gasteiger partial charge in [0.1, 0.15) is 5.52 Å². The topological polar surface area (TPSA) is 71.0 Å². The van der Waals surface area contributed by atoms with E-state index in [-0.39, 0.29) is 12.2 Å². The first-order valence-corrected chi connectivity index (χ1v) is 6.85. The third-order valence-electron chi connectivity index (χ3n) is 3.94. The van der Waals surface area contributed by atoms with E-state index in [2.05, 4.69) is 15.0 Å². The smallest absolute Gasteiger partial charge is 0.156 e. The molecule has 2 heterocycles. The molecule has 5 nitrogen and oxygen atoms in total. The van der Waals surface area contributed by atoms with Gasteiger partial charge in [0.15, 0.2) is 5.65 Å². The summed E-state index contributed by atoms with van der Waals surface area (Å²) in [6.45, 7) is 0.832. The Bertz CT molecular complexity index is 543. The van der Waals surface area contributed by atoms with Gasteiger partial charge in [-0.25, -0.2) is 4.98 Å². The van der Waals surface area contributed by atoms with Gasteiger partial charge in [-0.3, -0.25) is 4.98 Å². The van der Waals surface area contributed by atoms with Gasteiger partial charge in [0.05, 0.1) is 12.2 Å². The Morgan fingerprint density at radius 3 is 2.89 bits per heavy atom. The van der Waals surface area contributed by atoms with Gasteiger partial charge < -0.3 is 14.8 Å². The van der Waals surface area contributed by atoms with E-state index >= 15 is 0 Å². The lowest BCUT2D eigenvalue weighted by atomic mass is 9.81. The molecule has 1 aliphatic carbocycles. The molecular weight excluding hydrogens is 242 g/mol. The average Bonchev–Trinajstić information content (AvgIpc) is 2.81. The Kier molecular flexibility index (Phi) is 3.48. The minimum absolute atomic E-state index is 0.144. The molecular formula is C14H19N3O2. The van der Waals surface area contributed by atoms with Crippen LogP contribution in [0, 0.1) is 0 Å². The van der Waals surface area contributed by atoms with Crippen molar-refractivity contribution in [1.82, 2.24) is 15.0 Å². The van der Waals surface area contributed by atoms with Crippen molar-refractivity contribution in [3.8, 4) is 0 Å². The number of nitrogens with zero attached hydrogens (tertiary/aromatic N) is 2. The van der Waals surface area contributed by atoms with Crippen molar-refractivity contribution in [3.63, 3.8) is 0 Å². The van der Waals surface area contributed by atoms with Gasteiger partial charge in [0.25, 0.3) is 0 Å². The molecule has 0 atom stereocenters. The summed E-state index contributed by atoms with van der Waals surface area (Å²) in [4.78, 5) is 11.7. The molecule has 0 saturated heterocycles. The lowest BCUT2D eigenvalue weighted by molar-refractivity contribution is -0.128. The number of nitrogens with one attached hydrogen (secondary N) is 1. The van der Waals surface area contributed by atoms with E-state index in [1.807, 2.05) is 6.20 Å². The zero-order chi connectivity index (χ0) is 13.1. The van der Waals surface area contributed by atoms with Crippen LogP contribution in [0.2, 0.25) is 0 Å². The fourth-order valence-corrected chi connectivity index (χ4v) is 2.56. The van der Waals surface area contributed by atoms with E-state index in [1.54, 1.807) is 12.4 Å². The molecule has 0 aliphatic heterocycles. The Hall–Kier alpha value is -1.46. The van der Waals surface area contributed by atoms with Crippen molar-refractivity contribution < 1.29 is 9.84 Å². The average molecular weight is 261 g/mol. The summed E-state index contributed by atoms with van der Waals surface area (Å²) in [5.41, 5.74) is 2.73. The minimum Gasteiger partial charge on any atom is -0.393 e. The fourth-order valence-electron chi connectivity index (χ4n) is 2.56. The fraction of sp³-hybridized carbons (Fsp3) is 0.571. The molecule has 5 heteroatoms. The summed E-state index contributed by atoms with van der Waals surface area (Å²) >= 11 is 0. The number of aromatic nitrogens is 3. The van der Waals surface area contributed by atoms with Gasteiger partial charge in [0.2, 0.25) is 0 Å². The second-order valence-corrected chi connectivity index (χ2v) is 5.21. The monoisotopic (exact) mass is 261 g/mol. The first-order chi connectivity index (χ1) is 9.33. The molecule has 3 rings (SSSR count). The zero-order valence-electron chi connectivity index (χ0n) is 10.9. The third kappa shape index (κ3) is 2.48. The first-order valence-electron chi connectivity index (χ1n) is 6.85. The van der Waals surface area contributed by atoms with Gasteiger partial charge in [-0.1, -0.05) is 0 Å². The van der Waals surface area contributed by atoms with Crippen LogP contribution in [0.3, 0.4) is 0 Å². The number of hydrogen-bond acceptors (Lipinski definition) is 4. The van der Waals surface area contributed by atoms with Gasteiger partial charge in [0, 0.05) is 25.2 Å². The molecule has 1 fully saturated rings. The quantitative estimate of drug-likeness (QED) is 0.778. The summed E-state index contributed by atoms with van der Waals surface area (Å²) < 4.78 is 5.83. The molecule has 0 spiro atoms. The van der Waals surface area contributed by atoms with Crippen LogP contribution < -0.4 is 0 Å². The van der Waals surface area contributed by atoms with Gasteiger partial charge >= 0.3 is 0 Å². The number of hydrogen-bond donors (Lipinski definition) is 2. The number of aliphatic hydroxyl groups excluding tert-OH is 1. The van der Waals surface area contributed by atoms with Crippen LogP contribution in [0.1, 0.15) is 31.2 Å². The zero-order valence-corrected chi connectivity index (χ0v) is 10.9. The molecule has 2 aromatic rings. The largest absolute Gasteiger partial charge is 0.393 e. The summed E-state index contributed by atoms with van der Waals surface area (Å²) in [5, 5.41) is 9.31. The number of aromatic amines is 1. The maximum atomic E-state index is 9.31. The second kappa shape index (κ2) is 5.27. The Balaban J connectivity index is 1.52. The highest BCUT2D eigenvalue weighted by atomic mass is 16.5. The van der Waals surface area contributed by atoms with E-state index in [0.29, 0.717) is 6.61 Å². The second-order valence-electron chi connectivity index (χ2n) is 5.21. The number of ether oxygens (including phenoxy) is 1. The number of fused-ring (bicyclic) bond motifs is 1. The van der Waals surface area contributed by atoms with Crippen molar-refractivity contribution in [2.45, 2.75) is 37.7 Å². The molecule has 0 aromatic carbocycles. The number of rotatable bonds is 6. The predicted molar refractivity (Wildman–Crippen MR) is 71.8 cm³/mol. The SMILES string of the molecule is OCC1(OCCCc2c[nH]c3nccnc23)CCC1. The lowest BCUT2D eigenvalue weighted by Gasteiger charge is -2.40. The van der Waals surface area contributed by atoms with Gasteiger partial charge in [-0.2, -0.15) is 0 Å². The highest BCUT2D eigenvalue weighted by Gasteiger charge is 2.37. The molecule has 2 aromatic heterocycles. The van der Waals surface area contributed by atoms with Crippen molar-refractivity contribution in [2.24, 2.45) is 0 Å². The van der Waals surface area contributed by atoms with Crippen molar-refractivity contribution in [2.75, 3.05) is 13.2 Å². The van der Waals surface area contributed by atoms with Gasteiger partial charge in [-0.05, 0) is 37.7 Å². The van der Waals surface area contributed by atoms with Crippen LogP contribution in [-0.4, -0.2) is 38.9 Å². The Morgan fingerprint density at radius 2 is 2.16 bits per heavy atom. The minimum atomic E-state index is -0.236. The molecule has 0 unspecified atom stereocenters. The molecule has 0 bridgehead atoms. The molecule has 0 radical (unpaired) electrons. The molecule has 2 N–H and O–H groups in total. The van der Waals surface area contributed by atoms with Crippen LogP contribution in [0.4, 0.5) is 0 Å². The standard InChI is InChI=1S/C14H19N3O2/c18-10-14(4-2-5-14)19-8-1-3-11-9-17-13-12(11)15-6-7-16-13/h6-7,9,18H,1-5,8,10H2,(H,16,17). The molecule has 1 saturated carbocycles. The molecule has 19 heavy (non-hydrogen) atoms. The molecule has 102 valence electrons. The Morgan fingerprint density at radius 1 is 1.32 bits per heavy atom. The maximum Gasteiger partial charge on any atom is 0.156 e. The number of H-pyrrole nitrogens is 1. The van der Waals surface area contributed by atoms with Crippen LogP contribution in [-0.2, 0) is 11.2 Å². The lowest BCUT2D eigenvalue weighted by Crippen LogP contribution is -2.43. The summed E-state index contributed by atoms with van der Waals surface area (Å²) in [6.07, 6.45) is 10.4. The summed E-state index contributed by atoms with van der Waals surface area (Å²) in [5.74, 6) is 0. The van der Waals surface area contributed by atoms with Crippen LogP contribution >= 0.6 is 0 Å². The normalized spacial score (nSPS) is 17.5.